The highest BCUT2D eigenvalue weighted by Crippen LogP contribution is 2.24. The minimum atomic E-state index is 0.0858. The maximum atomic E-state index is 12.6. The summed E-state index contributed by atoms with van der Waals surface area (Å²) in [6, 6.07) is 20.9. The number of nitrogens with zero attached hydrogens (tertiary/aromatic N) is 3. The summed E-state index contributed by atoms with van der Waals surface area (Å²) in [4.78, 5) is 12.6. The lowest BCUT2D eigenvalue weighted by Gasteiger charge is -2.29. The van der Waals surface area contributed by atoms with Gasteiger partial charge in [-0.05, 0) is 29.9 Å². The zero-order valence-electron chi connectivity index (χ0n) is 18.0. The molecule has 0 unspecified atom stereocenters. The smallest absolute Gasteiger partial charge is 0.230 e. The standard InChI is InChI=1S/C25H30N4OS/c1-19-10-8-9-15-22(19)26-24(30)18-31-25-28-27-23(16-20-11-4-2-5-12-20)29(25)17-21-13-6-3-7-14-21/h2-7,11-14,19,22H,8-10,15-18H2,1H3,(H,26,30)/t19-,22-/m1/s1. The molecule has 0 saturated heterocycles. The van der Waals surface area contributed by atoms with Gasteiger partial charge in [-0.25, -0.2) is 0 Å². The Morgan fingerprint density at radius 1 is 1.00 bits per heavy atom. The van der Waals surface area contributed by atoms with Gasteiger partial charge >= 0.3 is 0 Å². The van der Waals surface area contributed by atoms with Gasteiger partial charge < -0.3 is 9.88 Å². The Balaban J connectivity index is 1.46. The Hall–Kier alpha value is -2.60. The Morgan fingerprint density at radius 2 is 1.68 bits per heavy atom. The molecule has 1 aliphatic carbocycles. The first kappa shape index (κ1) is 21.6. The van der Waals surface area contributed by atoms with E-state index in [1.165, 1.54) is 42.2 Å². The van der Waals surface area contributed by atoms with Crippen molar-refractivity contribution < 1.29 is 4.79 Å². The van der Waals surface area contributed by atoms with Gasteiger partial charge in [0.05, 0.1) is 12.3 Å². The van der Waals surface area contributed by atoms with Gasteiger partial charge in [0.1, 0.15) is 5.82 Å². The Kier molecular flexibility index (Phi) is 7.41. The molecule has 2 atom stereocenters. The summed E-state index contributed by atoms with van der Waals surface area (Å²) in [5, 5.41) is 12.9. The van der Waals surface area contributed by atoms with E-state index in [9.17, 15) is 4.79 Å². The fourth-order valence-corrected chi connectivity index (χ4v) is 4.94. The maximum absolute atomic E-state index is 12.6. The summed E-state index contributed by atoms with van der Waals surface area (Å²) in [6.45, 7) is 2.93. The van der Waals surface area contributed by atoms with Crippen molar-refractivity contribution in [1.82, 2.24) is 20.1 Å². The third-order valence-electron chi connectivity index (χ3n) is 5.97. The zero-order valence-corrected chi connectivity index (χ0v) is 18.9. The lowest BCUT2D eigenvalue weighted by Crippen LogP contribution is -2.41. The van der Waals surface area contributed by atoms with E-state index in [4.69, 9.17) is 0 Å². The third kappa shape index (κ3) is 5.97. The molecule has 1 N–H and O–H groups in total. The Bertz CT molecular complexity index is 974. The van der Waals surface area contributed by atoms with E-state index in [-0.39, 0.29) is 5.91 Å². The lowest BCUT2D eigenvalue weighted by molar-refractivity contribution is -0.119. The van der Waals surface area contributed by atoms with Gasteiger partial charge in [0.2, 0.25) is 5.91 Å². The summed E-state index contributed by atoms with van der Waals surface area (Å²) in [5.74, 6) is 1.92. The number of rotatable bonds is 8. The molecule has 1 fully saturated rings. The number of carbonyl (C=O) groups is 1. The maximum Gasteiger partial charge on any atom is 0.230 e. The monoisotopic (exact) mass is 434 g/mol. The predicted molar refractivity (Wildman–Crippen MR) is 125 cm³/mol. The molecule has 2 aromatic carbocycles. The fraction of sp³-hybridized carbons (Fsp3) is 0.400. The molecule has 1 aromatic heterocycles. The molecule has 0 spiro atoms. The first-order chi connectivity index (χ1) is 15.2. The van der Waals surface area contributed by atoms with Crippen molar-refractivity contribution in [1.29, 1.82) is 0 Å². The van der Waals surface area contributed by atoms with Crippen molar-refractivity contribution in [2.75, 3.05) is 5.75 Å². The first-order valence-corrected chi connectivity index (χ1v) is 12.1. The summed E-state index contributed by atoms with van der Waals surface area (Å²) in [5.41, 5.74) is 2.39. The number of hydrogen-bond donors (Lipinski definition) is 1. The quantitative estimate of drug-likeness (QED) is 0.522. The zero-order chi connectivity index (χ0) is 21.5. The van der Waals surface area contributed by atoms with Gasteiger partial charge in [-0.15, -0.1) is 10.2 Å². The number of carbonyl (C=O) groups excluding carboxylic acids is 1. The minimum Gasteiger partial charge on any atom is -0.352 e. The molecule has 162 valence electrons. The molecule has 0 bridgehead atoms. The van der Waals surface area contributed by atoms with E-state index in [0.717, 1.165) is 17.4 Å². The number of hydrogen-bond acceptors (Lipinski definition) is 4. The van der Waals surface area contributed by atoms with Gasteiger partial charge in [0.25, 0.3) is 0 Å². The SMILES string of the molecule is C[C@@H]1CCCC[C@H]1NC(=O)CSc1nnc(Cc2ccccc2)n1Cc1ccccc1. The van der Waals surface area contributed by atoms with Crippen LogP contribution in [0.3, 0.4) is 0 Å². The number of amides is 1. The van der Waals surface area contributed by atoms with E-state index in [1.807, 2.05) is 36.4 Å². The molecule has 5 nitrogen and oxygen atoms in total. The van der Waals surface area contributed by atoms with Crippen LogP contribution in [0.4, 0.5) is 0 Å². The molecule has 1 amide bonds. The van der Waals surface area contributed by atoms with Crippen LogP contribution in [0.25, 0.3) is 0 Å². The van der Waals surface area contributed by atoms with E-state index in [0.29, 0.717) is 30.7 Å². The highest BCUT2D eigenvalue weighted by atomic mass is 32.2. The van der Waals surface area contributed by atoms with Gasteiger partial charge in [0.15, 0.2) is 5.16 Å². The molecule has 1 aliphatic rings. The average Bonchev–Trinajstić information content (AvgIpc) is 3.16. The van der Waals surface area contributed by atoms with Crippen molar-refractivity contribution in [2.45, 2.75) is 56.8 Å². The van der Waals surface area contributed by atoms with E-state index < -0.39 is 0 Å². The Labute approximate surface area is 188 Å². The number of thioether (sulfide) groups is 1. The van der Waals surface area contributed by atoms with Gasteiger partial charge in [-0.1, -0.05) is 92.2 Å². The second kappa shape index (κ2) is 10.6. The van der Waals surface area contributed by atoms with Crippen LogP contribution >= 0.6 is 11.8 Å². The van der Waals surface area contributed by atoms with Crippen LogP contribution in [0.15, 0.2) is 65.8 Å². The fourth-order valence-electron chi connectivity index (χ4n) is 4.17. The molecule has 31 heavy (non-hydrogen) atoms. The predicted octanol–water partition coefficient (Wildman–Crippen LogP) is 4.70. The van der Waals surface area contributed by atoms with Gasteiger partial charge in [-0.3, -0.25) is 4.79 Å². The van der Waals surface area contributed by atoms with Gasteiger partial charge in [0, 0.05) is 12.5 Å². The number of aromatic nitrogens is 3. The summed E-state index contributed by atoms with van der Waals surface area (Å²) in [6.07, 6.45) is 5.48. The lowest BCUT2D eigenvalue weighted by atomic mass is 9.86. The van der Waals surface area contributed by atoms with Crippen LogP contribution in [0.1, 0.15) is 49.6 Å². The second-order valence-corrected chi connectivity index (χ2v) is 9.30. The van der Waals surface area contributed by atoms with Crippen LogP contribution in [0.2, 0.25) is 0 Å². The molecule has 4 rings (SSSR count). The second-order valence-electron chi connectivity index (χ2n) is 8.36. The first-order valence-electron chi connectivity index (χ1n) is 11.1. The number of benzene rings is 2. The minimum absolute atomic E-state index is 0.0858. The van der Waals surface area contributed by atoms with Crippen molar-refractivity contribution in [3.8, 4) is 0 Å². The largest absolute Gasteiger partial charge is 0.352 e. The summed E-state index contributed by atoms with van der Waals surface area (Å²) in [7, 11) is 0. The average molecular weight is 435 g/mol. The molecule has 0 radical (unpaired) electrons. The van der Waals surface area contributed by atoms with E-state index in [2.05, 4.69) is 51.3 Å². The van der Waals surface area contributed by atoms with Crippen LogP contribution in [-0.4, -0.2) is 32.5 Å². The van der Waals surface area contributed by atoms with E-state index >= 15 is 0 Å². The van der Waals surface area contributed by atoms with Crippen LogP contribution < -0.4 is 5.32 Å². The topological polar surface area (TPSA) is 59.8 Å². The normalized spacial score (nSPS) is 18.6. The summed E-state index contributed by atoms with van der Waals surface area (Å²) >= 11 is 1.47. The van der Waals surface area contributed by atoms with Crippen LogP contribution in [0.5, 0.6) is 0 Å². The van der Waals surface area contributed by atoms with Gasteiger partial charge in [-0.2, -0.15) is 0 Å². The Morgan fingerprint density at radius 3 is 2.39 bits per heavy atom. The number of nitrogens with one attached hydrogen (secondary N) is 1. The molecular weight excluding hydrogens is 404 g/mol. The highest BCUT2D eigenvalue weighted by Gasteiger charge is 2.23. The van der Waals surface area contributed by atoms with Crippen molar-refractivity contribution >= 4 is 17.7 Å². The van der Waals surface area contributed by atoms with E-state index in [1.54, 1.807) is 0 Å². The molecule has 1 heterocycles. The molecular formula is C25H30N4OS. The summed E-state index contributed by atoms with van der Waals surface area (Å²) < 4.78 is 2.14. The van der Waals surface area contributed by atoms with Crippen molar-refractivity contribution in [3.05, 3.63) is 77.6 Å². The third-order valence-corrected chi connectivity index (χ3v) is 6.94. The highest BCUT2D eigenvalue weighted by molar-refractivity contribution is 7.99. The molecule has 6 heteroatoms. The van der Waals surface area contributed by atoms with Crippen LogP contribution in [0, 0.1) is 5.92 Å². The van der Waals surface area contributed by atoms with Crippen LogP contribution in [-0.2, 0) is 17.8 Å². The molecule has 0 aliphatic heterocycles. The van der Waals surface area contributed by atoms with Crippen molar-refractivity contribution in [3.63, 3.8) is 0 Å². The molecule has 1 saturated carbocycles. The van der Waals surface area contributed by atoms with Crippen molar-refractivity contribution in [2.24, 2.45) is 5.92 Å². The molecule has 3 aromatic rings.